The Balaban J connectivity index is 1.67. The highest BCUT2D eigenvalue weighted by Crippen LogP contribution is 2.29. The monoisotopic (exact) mass is 287 g/mol. The van der Waals surface area contributed by atoms with Crippen molar-refractivity contribution in [2.24, 2.45) is 0 Å². The summed E-state index contributed by atoms with van der Waals surface area (Å²) in [5, 5.41) is 4.15. The van der Waals surface area contributed by atoms with Crippen molar-refractivity contribution in [2.75, 3.05) is 5.73 Å². The van der Waals surface area contributed by atoms with E-state index in [4.69, 9.17) is 5.73 Å². The predicted molar refractivity (Wildman–Crippen MR) is 80.2 cm³/mol. The fourth-order valence-electron chi connectivity index (χ4n) is 2.18. The third-order valence-corrected chi connectivity index (χ3v) is 4.15. The minimum Gasteiger partial charge on any atom is -0.397 e. The zero-order chi connectivity index (χ0) is 13.9. The maximum atomic E-state index is 12.5. The number of nitrogens with two attached hydrogens (primary N) is 1. The first-order valence-corrected chi connectivity index (χ1v) is 7.67. The van der Waals surface area contributed by atoms with E-state index in [1.807, 2.05) is 16.3 Å². The zero-order valence-corrected chi connectivity index (χ0v) is 12.0. The van der Waals surface area contributed by atoms with E-state index < -0.39 is 0 Å². The number of aromatic nitrogens is 1. The van der Waals surface area contributed by atoms with E-state index in [2.05, 4.69) is 16.4 Å². The number of carbonyl (C=O) groups excluding carboxylic acids is 1. The molecule has 1 saturated carbocycles. The van der Waals surface area contributed by atoms with E-state index in [1.54, 1.807) is 23.6 Å². The third-order valence-electron chi connectivity index (χ3n) is 3.42. The molecule has 2 N–H and O–H groups in total. The summed E-state index contributed by atoms with van der Waals surface area (Å²) < 4.78 is 0. The van der Waals surface area contributed by atoms with Gasteiger partial charge in [-0.3, -0.25) is 9.78 Å². The number of anilines is 1. The Morgan fingerprint density at radius 3 is 2.85 bits per heavy atom. The summed E-state index contributed by atoms with van der Waals surface area (Å²) in [5.74, 6) is 0.149. The molecule has 1 aliphatic rings. The molecule has 2 heterocycles. The molecule has 0 saturated heterocycles. The Kier molecular flexibility index (Phi) is 3.69. The van der Waals surface area contributed by atoms with Crippen LogP contribution in [0, 0.1) is 0 Å². The van der Waals surface area contributed by atoms with Gasteiger partial charge in [-0.2, -0.15) is 11.3 Å². The van der Waals surface area contributed by atoms with Crippen LogP contribution in [0.5, 0.6) is 0 Å². The number of rotatable bonds is 5. The fourth-order valence-corrected chi connectivity index (χ4v) is 2.84. The first-order chi connectivity index (χ1) is 9.72. The highest BCUT2D eigenvalue weighted by Gasteiger charge is 2.32. The molecule has 2 aromatic heterocycles. The second-order valence-electron chi connectivity index (χ2n) is 5.14. The van der Waals surface area contributed by atoms with E-state index >= 15 is 0 Å². The molecule has 0 atom stereocenters. The smallest absolute Gasteiger partial charge is 0.229 e. The van der Waals surface area contributed by atoms with Crippen molar-refractivity contribution in [3.8, 4) is 0 Å². The zero-order valence-electron chi connectivity index (χ0n) is 11.2. The van der Waals surface area contributed by atoms with Gasteiger partial charge in [-0.1, -0.05) is 0 Å². The maximum absolute atomic E-state index is 12.5. The van der Waals surface area contributed by atoms with Crippen molar-refractivity contribution < 1.29 is 4.79 Å². The molecule has 20 heavy (non-hydrogen) atoms. The maximum Gasteiger partial charge on any atom is 0.229 e. The normalized spacial score (nSPS) is 14.2. The van der Waals surface area contributed by atoms with Crippen LogP contribution in [-0.2, 0) is 17.8 Å². The number of carbonyl (C=O) groups is 1. The van der Waals surface area contributed by atoms with Gasteiger partial charge in [0.25, 0.3) is 0 Å². The number of nitrogens with zero attached hydrogens (tertiary/aromatic N) is 2. The van der Waals surface area contributed by atoms with Gasteiger partial charge in [-0.15, -0.1) is 0 Å². The lowest BCUT2D eigenvalue weighted by molar-refractivity contribution is -0.131. The minimum absolute atomic E-state index is 0.149. The second-order valence-corrected chi connectivity index (χ2v) is 5.92. The molecule has 0 spiro atoms. The Morgan fingerprint density at radius 1 is 1.40 bits per heavy atom. The van der Waals surface area contributed by atoms with Gasteiger partial charge in [0.1, 0.15) is 0 Å². The first-order valence-electron chi connectivity index (χ1n) is 6.73. The van der Waals surface area contributed by atoms with Crippen LogP contribution in [0.4, 0.5) is 5.69 Å². The highest BCUT2D eigenvalue weighted by molar-refractivity contribution is 7.07. The molecule has 4 nitrogen and oxygen atoms in total. The molecule has 2 aromatic rings. The van der Waals surface area contributed by atoms with Crippen molar-refractivity contribution in [2.45, 2.75) is 31.8 Å². The SMILES string of the molecule is Nc1ccc(CC(=O)N(Cc2ccsc2)C2CC2)nc1. The van der Waals surface area contributed by atoms with E-state index in [1.165, 1.54) is 5.56 Å². The van der Waals surface area contributed by atoms with Crippen LogP contribution in [0.2, 0.25) is 0 Å². The van der Waals surface area contributed by atoms with Gasteiger partial charge in [0.2, 0.25) is 5.91 Å². The number of pyridine rings is 1. The fraction of sp³-hybridized carbons (Fsp3) is 0.333. The molecular formula is C15H17N3OS. The van der Waals surface area contributed by atoms with Crippen LogP contribution < -0.4 is 5.73 Å². The van der Waals surface area contributed by atoms with Gasteiger partial charge < -0.3 is 10.6 Å². The van der Waals surface area contributed by atoms with Gasteiger partial charge in [0, 0.05) is 18.3 Å². The van der Waals surface area contributed by atoms with E-state index in [-0.39, 0.29) is 5.91 Å². The molecule has 0 aromatic carbocycles. The van der Waals surface area contributed by atoms with Crippen molar-refractivity contribution in [1.82, 2.24) is 9.88 Å². The van der Waals surface area contributed by atoms with Gasteiger partial charge >= 0.3 is 0 Å². The van der Waals surface area contributed by atoms with Crippen LogP contribution in [-0.4, -0.2) is 21.8 Å². The Labute approximate surface area is 122 Å². The standard InChI is InChI=1S/C15H17N3OS/c16-12-1-2-13(17-8-12)7-15(19)18(14-3-4-14)9-11-5-6-20-10-11/h1-2,5-6,8,10,14H,3-4,7,9,16H2. The molecule has 1 fully saturated rings. The van der Waals surface area contributed by atoms with Crippen LogP contribution in [0.25, 0.3) is 0 Å². The number of amides is 1. The topological polar surface area (TPSA) is 59.2 Å². The number of hydrogen-bond acceptors (Lipinski definition) is 4. The van der Waals surface area contributed by atoms with Crippen LogP contribution in [0.3, 0.4) is 0 Å². The van der Waals surface area contributed by atoms with E-state index in [0.29, 0.717) is 24.7 Å². The number of hydrogen-bond donors (Lipinski definition) is 1. The van der Waals surface area contributed by atoms with E-state index in [0.717, 1.165) is 18.5 Å². The summed E-state index contributed by atoms with van der Waals surface area (Å²) in [5.41, 5.74) is 8.22. The van der Waals surface area contributed by atoms with Crippen molar-refractivity contribution in [3.63, 3.8) is 0 Å². The number of thiophene rings is 1. The molecule has 3 rings (SSSR count). The lowest BCUT2D eigenvalue weighted by Crippen LogP contribution is -2.33. The Bertz CT molecular complexity index is 576. The van der Waals surface area contributed by atoms with E-state index in [9.17, 15) is 4.79 Å². The average Bonchev–Trinajstić information content (AvgIpc) is 3.15. The van der Waals surface area contributed by atoms with Gasteiger partial charge in [-0.05, 0) is 47.4 Å². The number of nitrogen functional groups attached to an aromatic ring is 1. The van der Waals surface area contributed by atoms with Gasteiger partial charge in [0.05, 0.1) is 18.3 Å². The average molecular weight is 287 g/mol. The molecule has 0 bridgehead atoms. The Hall–Kier alpha value is -1.88. The molecular weight excluding hydrogens is 270 g/mol. The minimum atomic E-state index is 0.149. The summed E-state index contributed by atoms with van der Waals surface area (Å²) in [6.45, 7) is 0.710. The molecule has 1 aliphatic carbocycles. The van der Waals surface area contributed by atoms with Crippen LogP contribution in [0.15, 0.2) is 35.2 Å². The summed E-state index contributed by atoms with van der Waals surface area (Å²) in [6.07, 6.45) is 4.18. The summed E-state index contributed by atoms with van der Waals surface area (Å²) in [7, 11) is 0. The first kappa shape index (κ1) is 13.1. The predicted octanol–water partition coefficient (Wildman–Crippen LogP) is 2.46. The highest BCUT2D eigenvalue weighted by atomic mass is 32.1. The van der Waals surface area contributed by atoms with Gasteiger partial charge in [0.15, 0.2) is 0 Å². The summed E-state index contributed by atoms with van der Waals surface area (Å²) in [6, 6.07) is 6.10. The van der Waals surface area contributed by atoms with Crippen molar-refractivity contribution >= 4 is 22.9 Å². The molecule has 0 radical (unpaired) electrons. The summed E-state index contributed by atoms with van der Waals surface area (Å²) >= 11 is 1.67. The molecule has 1 amide bonds. The Morgan fingerprint density at radius 2 is 2.25 bits per heavy atom. The van der Waals surface area contributed by atoms with Crippen LogP contribution >= 0.6 is 11.3 Å². The molecule has 0 aliphatic heterocycles. The molecule has 0 unspecified atom stereocenters. The summed E-state index contributed by atoms with van der Waals surface area (Å²) in [4.78, 5) is 18.7. The third kappa shape index (κ3) is 3.17. The second kappa shape index (κ2) is 5.63. The molecule has 5 heteroatoms. The largest absolute Gasteiger partial charge is 0.397 e. The van der Waals surface area contributed by atoms with Crippen LogP contribution in [0.1, 0.15) is 24.1 Å². The lowest BCUT2D eigenvalue weighted by Gasteiger charge is -2.22. The van der Waals surface area contributed by atoms with Crippen molar-refractivity contribution in [1.29, 1.82) is 0 Å². The van der Waals surface area contributed by atoms with Gasteiger partial charge in [-0.25, -0.2) is 0 Å². The molecule has 104 valence electrons. The quantitative estimate of drug-likeness (QED) is 0.919. The lowest BCUT2D eigenvalue weighted by atomic mass is 10.2. The van der Waals surface area contributed by atoms with Crippen molar-refractivity contribution in [3.05, 3.63) is 46.4 Å².